The smallest absolute Gasteiger partial charge is 0.307 e. The summed E-state index contributed by atoms with van der Waals surface area (Å²) in [5.74, 6) is -1.90. The molecule has 2 rings (SSSR count). The van der Waals surface area contributed by atoms with Crippen molar-refractivity contribution < 1.29 is 19.4 Å². The zero-order valence-corrected chi connectivity index (χ0v) is 12.3. The SMILES string of the molecule is COc1c(Br)cc(Cl)cc1NC(=O)[C@@H]1C[C@@H]1C(=O)O. The van der Waals surface area contributed by atoms with E-state index >= 15 is 0 Å². The molecule has 0 bridgehead atoms. The number of carboxylic acids is 1. The number of methoxy groups -OCH3 is 1. The van der Waals surface area contributed by atoms with E-state index in [2.05, 4.69) is 21.2 Å². The summed E-state index contributed by atoms with van der Waals surface area (Å²) in [7, 11) is 1.47. The molecule has 0 saturated heterocycles. The Morgan fingerprint density at radius 1 is 1.47 bits per heavy atom. The predicted molar refractivity (Wildman–Crippen MR) is 73.6 cm³/mol. The van der Waals surface area contributed by atoms with Gasteiger partial charge in [-0.05, 0) is 34.5 Å². The fourth-order valence-electron chi connectivity index (χ4n) is 1.84. The third kappa shape index (κ3) is 3.01. The van der Waals surface area contributed by atoms with Crippen LogP contribution in [0.1, 0.15) is 6.42 Å². The molecule has 1 saturated carbocycles. The van der Waals surface area contributed by atoms with Gasteiger partial charge < -0.3 is 15.2 Å². The molecule has 0 radical (unpaired) electrons. The highest BCUT2D eigenvalue weighted by Crippen LogP contribution is 2.41. The molecule has 7 heteroatoms. The minimum Gasteiger partial charge on any atom is -0.493 e. The van der Waals surface area contributed by atoms with Gasteiger partial charge in [0.15, 0.2) is 5.75 Å². The van der Waals surface area contributed by atoms with Crippen LogP contribution in [-0.2, 0) is 9.59 Å². The van der Waals surface area contributed by atoms with Gasteiger partial charge in [0.2, 0.25) is 5.91 Å². The molecule has 1 aliphatic rings. The summed E-state index contributed by atoms with van der Waals surface area (Å²) in [5, 5.41) is 11.9. The van der Waals surface area contributed by atoms with Crippen LogP contribution in [0.5, 0.6) is 5.75 Å². The first-order valence-electron chi connectivity index (χ1n) is 5.50. The molecular formula is C12H11BrClNO4. The average Bonchev–Trinajstić information content (AvgIpc) is 3.08. The normalized spacial score (nSPS) is 20.8. The number of carbonyl (C=O) groups excluding carboxylic acids is 1. The molecule has 1 aliphatic carbocycles. The van der Waals surface area contributed by atoms with E-state index in [1.165, 1.54) is 7.11 Å². The Balaban J connectivity index is 2.15. The summed E-state index contributed by atoms with van der Waals surface area (Å²) < 4.78 is 5.78. The maximum absolute atomic E-state index is 11.9. The molecule has 5 nitrogen and oxygen atoms in total. The predicted octanol–water partition coefficient (Wildman–Crippen LogP) is 2.77. The highest BCUT2D eigenvalue weighted by molar-refractivity contribution is 9.10. The maximum atomic E-state index is 11.9. The molecule has 1 aromatic carbocycles. The number of hydrogen-bond donors (Lipinski definition) is 2. The summed E-state index contributed by atoms with van der Waals surface area (Å²) in [6.45, 7) is 0. The first-order valence-corrected chi connectivity index (χ1v) is 6.68. The van der Waals surface area contributed by atoms with Crippen LogP contribution in [-0.4, -0.2) is 24.1 Å². The monoisotopic (exact) mass is 347 g/mol. The number of carbonyl (C=O) groups is 2. The number of ether oxygens (including phenoxy) is 1. The third-order valence-corrected chi connectivity index (χ3v) is 3.72. The first-order chi connectivity index (χ1) is 8.93. The molecule has 2 atom stereocenters. The molecule has 0 unspecified atom stereocenters. The highest BCUT2D eigenvalue weighted by Gasteiger charge is 2.48. The van der Waals surface area contributed by atoms with Gasteiger partial charge in [-0.15, -0.1) is 0 Å². The van der Waals surface area contributed by atoms with E-state index < -0.39 is 17.8 Å². The van der Waals surface area contributed by atoms with Gasteiger partial charge in [-0.3, -0.25) is 9.59 Å². The van der Waals surface area contributed by atoms with E-state index in [-0.39, 0.29) is 5.91 Å². The first kappa shape index (κ1) is 14.1. The number of carboxylic acid groups (broad SMARTS) is 1. The second-order valence-corrected chi connectivity index (χ2v) is 5.54. The van der Waals surface area contributed by atoms with E-state index in [1.54, 1.807) is 12.1 Å². The molecule has 19 heavy (non-hydrogen) atoms. The lowest BCUT2D eigenvalue weighted by atomic mass is 10.2. The molecule has 0 aromatic heterocycles. The Morgan fingerprint density at radius 3 is 2.68 bits per heavy atom. The van der Waals surface area contributed by atoms with Gasteiger partial charge in [-0.2, -0.15) is 0 Å². The quantitative estimate of drug-likeness (QED) is 0.877. The lowest BCUT2D eigenvalue weighted by molar-refractivity contribution is -0.139. The van der Waals surface area contributed by atoms with Gasteiger partial charge in [0.05, 0.1) is 29.1 Å². The van der Waals surface area contributed by atoms with Crippen molar-refractivity contribution >= 4 is 45.1 Å². The number of hydrogen-bond acceptors (Lipinski definition) is 3. The van der Waals surface area contributed by atoms with Gasteiger partial charge >= 0.3 is 5.97 Å². The van der Waals surface area contributed by atoms with Crippen molar-refractivity contribution in [3.05, 3.63) is 21.6 Å². The summed E-state index contributed by atoms with van der Waals surface area (Å²) in [6, 6.07) is 3.20. The van der Waals surface area contributed by atoms with Crippen molar-refractivity contribution in [2.45, 2.75) is 6.42 Å². The topological polar surface area (TPSA) is 75.6 Å². The molecule has 102 valence electrons. The van der Waals surface area contributed by atoms with Crippen molar-refractivity contribution in [2.24, 2.45) is 11.8 Å². The minimum absolute atomic E-state index is 0.333. The fourth-order valence-corrected chi connectivity index (χ4v) is 2.82. The zero-order valence-electron chi connectivity index (χ0n) is 9.94. The van der Waals surface area contributed by atoms with E-state index in [9.17, 15) is 9.59 Å². The van der Waals surface area contributed by atoms with Crippen LogP contribution in [0.2, 0.25) is 5.02 Å². The number of halogens is 2. The third-order valence-electron chi connectivity index (χ3n) is 2.91. The van der Waals surface area contributed by atoms with Gasteiger partial charge in [-0.25, -0.2) is 0 Å². The van der Waals surface area contributed by atoms with E-state index in [0.29, 0.717) is 27.4 Å². The zero-order chi connectivity index (χ0) is 14.2. The van der Waals surface area contributed by atoms with Crippen molar-refractivity contribution in [3.8, 4) is 5.75 Å². The lowest BCUT2D eigenvalue weighted by Crippen LogP contribution is -2.17. The highest BCUT2D eigenvalue weighted by atomic mass is 79.9. The Labute approximate surface area is 123 Å². The molecule has 1 aromatic rings. The average molecular weight is 349 g/mol. The molecule has 1 amide bonds. The summed E-state index contributed by atoms with van der Waals surface area (Å²) in [6.07, 6.45) is 0.366. The van der Waals surface area contributed by atoms with Crippen LogP contribution >= 0.6 is 27.5 Å². The fraction of sp³-hybridized carbons (Fsp3) is 0.333. The van der Waals surface area contributed by atoms with Crippen LogP contribution < -0.4 is 10.1 Å². The Bertz CT molecular complexity index is 549. The van der Waals surface area contributed by atoms with E-state index in [1.807, 2.05) is 0 Å². The molecular weight excluding hydrogens is 337 g/mol. The molecule has 0 spiro atoms. The number of amides is 1. The molecule has 1 fully saturated rings. The Morgan fingerprint density at radius 2 is 2.16 bits per heavy atom. The lowest BCUT2D eigenvalue weighted by Gasteiger charge is -2.12. The van der Waals surface area contributed by atoms with E-state index in [0.717, 1.165) is 0 Å². The number of benzene rings is 1. The second kappa shape index (κ2) is 5.38. The van der Waals surface area contributed by atoms with Crippen molar-refractivity contribution in [1.82, 2.24) is 0 Å². The van der Waals surface area contributed by atoms with Gasteiger partial charge in [0.1, 0.15) is 0 Å². The standard InChI is InChI=1S/C12H11BrClNO4/c1-19-10-8(13)2-5(14)3-9(10)15-11(16)6-4-7(6)12(17)18/h2-3,6-7H,4H2,1H3,(H,15,16)(H,17,18)/t6-,7+/m1/s1. The Hall–Kier alpha value is -1.27. The van der Waals surface area contributed by atoms with Crippen LogP contribution in [0.4, 0.5) is 5.69 Å². The van der Waals surface area contributed by atoms with Crippen LogP contribution in [0, 0.1) is 11.8 Å². The maximum Gasteiger partial charge on any atom is 0.307 e. The van der Waals surface area contributed by atoms with Crippen molar-refractivity contribution in [3.63, 3.8) is 0 Å². The summed E-state index contributed by atoms with van der Waals surface area (Å²) in [5.41, 5.74) is 0.419. The molecule has 0 heterocycles. The van der Waals surface area contributed by atoms with Crippen LogP contribution in [0.25, 0.3) is 0 Å². The molecule has 2 N–H and O–H groups in total. The van der Waals surface area contributed by atoms with Gasteiger partial charge in [-0.1, -0.05) is 11.6 Å². The number of nitrogens with one attached hydrogen (secondary N) is 1. The number of aliphatic carboxylic acids is 1. The molecule has 0 aliphatic heterocycles. The Kier molecular flexibility index (Phi) is 4.01. The van der Waals surface area contributed by atoms with E-state index in [4.69, 9.17) is 21.4 Å². The summed E-state index contributed by atoms with van der Waals surface area (Å²) in [4.78, 5) is 22.6. The summed E-state index contributed by atoms with van der Waals surface area (Å²) >= 11 is 9.19. The van der Waals surface area contributed by atoms with Gasteiger partial charge in [0, 0.05) is 5.02 Å². The van der Waals surface area contributed by atoms with Crippen LogP contribution in [0.15, 0.2) is 16.6 Å². The van der Waals surface area contributed by atoms with Gasteiger partial charge in [0.25, 0.3) is 0 Å². The number of rotatable bonds is 4. The minimum atomic E-state index is -0.945. The second-order valence-electron chi connectivity index (χ2n) is 4.24. The van der Waals surface area contributed by atoms with Crippen molar-refractivity contribution in [1.29, 1.82) is 0 Å². The van der Waals surface area contributed by atoms with Crippen LogP contribution in [0.3, 0.4) is 0 Å². The van der Waals surface area contributed by atoms with Crippen molar-refractivity contribution in [2.75, 3.05) is 12.4 Å². The number of anilines is 1. The largest absolute Gasteiger partial charge is 0.493 e.